The minimum Gasteiger partial charge on any atom is -0.399 e. The fourth-order valence-corrected chi connectivity index (χ4v) is 2.41. The molecule has 1 aromatic rings. The van der Waals surface area contributed by atoms with Gasteiger partial charge in [0.05, 0.1) is 0 Å². The average molecular weight is 232 g/mol. The van der Waals surface area contributed by atoms with E-state index >= 15 is 0 Å². The first-order valence-electron chi connectivity index (χ1n) is 6.23. The highest BCUT2D eigenvalue weighted by atomic mass is 16.2. The molecule has 0 aromatic heterocycles. The molecular weight excluding hydrogens is 212 g/mol. The van der Waals surface area contributed by atoms with Crippen LogP contribution in [0.3, 0.4) is 0 Å². The molecule has 1 aliphatic carbocycles. The highest BCUT2D eigenvalue weighted by Crippen LogP contribution is 2.37. The van der Waals surface area contributed by atoms with Crippen LogP contribution in [0.1, 0.15) is 38.2 Å². The Morgan fingerprint density at radius 2 is 1.88 bits per heavy atom. The summed E-state index contributed by atoms with van der Waals surface area (Å²) < 4.78 is 0. The highest BCUT2D eigenvalue weighted by molar-refractivity contribution is 5.82. The molecule has 0 unspecified atom stereocenters. The van der Waals surface area contributed by atoms with E-state index in [2.05, 4.69) is 12.2 Å². The number of anilines is 1. The average Bonchev–Trinajstić information content (AvgIpc) is 2.76. The van der Waals surface area contributed by atoms with E-state index in [-0.39, 0.29) is 11.3 Å². The van der Waals surface area contributed by atoms with E-state index in [4.69, 9.17) is 5.73 Å². The molecule has 0 atom stereocenters. The third kappa shape index (κ3) is 2.78. The standard InChI is InChI=1S/C14H20N2O/c1-14(8-2-3-9-14)13(17)16-10-11-4-6-12(15)7-5-11/h4-7H,2-3,8-10,15H2,1H3,(H,16,17). The van der Waals surface area contributed by atoms with E-state index in [1.807, 2.05) is 24.3 Å². The number of rotatable bonds is 3. The van der Waals surface area contributed by atoms with Crippen molar-refractivity contribution in [2.45, 2.75) is 39.2 Å². The highest BCUT2D eigenvalue weighted by Gasteiger charge is 2.35. The first-order chi connectivity index (χ1) is 8.10. The molecule has 1 saturated carbocycles. The summed E-state index contributed by atoms with van der Waals surface area (Å²) in [4.78, 5) is 12.1. The van der Waals surface area contributed by atoms with Crippen LogP contribution in [0.25, 0.3) is 0 Å². The predicted molar refractivity (Wildman–Crippen MR) is 69.3 cm³/mol. The maximum Gasteiger partial charge on any atom is 0.226 e. The molecule has 3 nitrogen and oxygen atoms in total. The number of nitrogens with one attached hydrogen (secondary N) is 1. The maximum absolute atomic E-state index is 12.1. The Morgan fingerprint density at radius 3 is 2.47 bits per heavy atom. The zero-order valence-corrected chi connectivity index (χ0v) is 10.3. The van der Waals surface area contributed by atoms with Gasteiger partial charge < -0.3 is 11.1 Å². The molecule has 1 aliphatic rings. The predicted octanol–water partition coefficient (Wildman–Crippen LogP) is 2.47. The van der Waals surface area contributed by atoms with Crippen LogP contribution >= 0.6 is 0 Å². The second-order valence-corrected chi connectivity index (χ2v) is 5.19. The number of nitrogens with two attached hydrogens (primary N) is 1. The van der Waals surface area contributed by atoms with Crippen LogP contribution in [0.5, 0.6) is 0 Å². The van der Waals surface area contributed by atoms with Crippen molar-refractivity contribution in [3.63, 3.8) is 0 Å². The number of nitrogen functional groups attached to an aromatic ring is 1. The van der Waals surface area contributed by atoms with E-state index < -0.39 is 0 Å². The normalized spacial score (nSPS) is 17.9. The summed E-state index contributed by atoms with van der Waals surface area (Å²) in [6, 6.07) is 7.62. The summed E-state index contributed by atoms with van der Waals surface area (Å²) in [7, 11) is 0. The van der Waals surface area contributed by atoms with Crippen LogP contribution < -0.4 is 11.1 Å². The van der Waals surface area contributed by atoms with Gasteiger partial charge >= 0.3 is 0 Å². The molecule has 3 heteroatoms. The Bertz CT molecular complexity index is 391. The summed E-state index contributed by atoms with van der Waals surface area (Å²) in [5, 5.41) is 3.02. The number of benzene rings is 1. The summed E-state index contributed by atoms with van der Waals surface area (Å²) in [6.45, 7) is 2.66. The van der Waals surface area contributed by atoms with Crippen LogP contribution in [0.4, 0.5) is 5.69 Å². The van der Waals surface area contributed by atoms with Gasteiger partial charge in [0.2, 0.25) is 5.91 Å². The van der Waals surface area contributed by atoms with Crippen molar-refractivity contribution in [3.8, 4) is 0 Å². The number of carbonyl (C=O) groups is 1. The summed E-state index contributed by atoms with van der Waals surface area (Å²) >= 11 is 0. The molecule has 2 rings (SSSR count). The number of hydrogen-bond acceptors (Lipinski definition) is 2. The van der Waals surface area contributed by atoms with E-state index in [0.29, 0.717) is 6.54 Å². The maximum atomic E-state index is 12.1. The smallest absolute Gasteiger partial charge is 0.226 e. The lowest BCUT2D eigenvalue weighted by Gasteiger charge is -2.22. The Balaban J connectivity index is 1.89. The van der Waals surface area contributed by atoms with Crippen LogP contribution in [-0.4, -0.2) is 5.91 Å². The van der Waals surface area contributed by atoms with Gasteiger partial charge in [-0.05, 0) is 30.5 Å². The summed E-state index contributed by atoms with van der Waals surface area (Å²) in [6.07, 6.45) is 4.37. The second kappa shape index (κ2) is 4.78. The lowest BCUT2D eigenvalue weighted by molar-refractivity contribution is -0.130. The SMILES string of the molecule is CC1(C(=O)NCc2ccc(N)cc2)CCCC1. The van der Waals surface area contributed by atoms with Gasteiger partial charge in [0, 0.05) is 17.6 Å². The molecule has 3 N–H and O–H groups in total. The van der Waals surface area contributed by atoms with Crippen LogP contribution in [-0.2, 0) is 11.3 Å². The molecular formula is C14H20N2O. The molecule has 0 saturated heterocycles. The van der Waals surface area contributed by atoms with Gasteiger partial charge in [0.1, 0.15) is 0 Å². The molecule has 0 aliphatic heterocycles. The molecule has 0 heterocycles. The zero-order chi connectivity index (χ0) is 12.3. The van der Waals surface area contributed by atoms with Crippen molar-refractivity contribution in [2.75, 3.05) is 5.73 Å². The van der Waals surface area contributed by atoms with E-state index in [1.165, 1.54) is 12.8 Å². The van der Waals surface area contributed by atoms with Crippen LogP contribution in [0, 0.1) is 5.41 Å². The Kier molecular flexibility index (Phi) is 3.36. The summed E-state index contributed by atoms with van der Waals surface area (Å²) in [5.74, 6) is 0.187. The number of hydrogen-bond donors (Lipinski definition) is 2. The Morgan fingerprint density at radius 1 is 1.29 bits per heavy atom. The zero-order valence-electron chi connectivity index (χ0n) is 10.3. The minimum atomic E-state index is -0.145. The van der Waals surface area contributed by atoms with Gasteiger partial charge in [-0.15, -0.1) is 0 Å². The van der Waals surface area contributed by atoms with Gasteiger partial charge in [-0.3, -0.25) is 4.79 Å². The fraction of sp³-hybridized carbons (Fsp3) is 0.500. The molecule has 1 aromatic carbocycles. The Labute approximate surface area is 102 Å². The van der Waals surface area contributed by atoms with Crippen molar-refractivity contribution >= 4 is 11.6 Å². The van der Waals surface area contributed by atoms with E-state index in [1.54, 1.807) is 0 Å². The topological polar surface area (TPSA) is 55.1 Å². The lowest BCUT2D eigenvalue weighted by Crippen LogP contribution is -2.36. The van der Waals surface area contributed by atoms with E-state index in [9.17, 15) is 4.79 Å². The minimum absolute atomic E-state index is 0.145. The number of carbonyl (C=O) groups excluding carboxylic acids is 1. The fourth-order valence-electron chi connectivity index (χ4n) is 2.41. The number of amides is 1. The first kappa shape index (κ1) is 12.0. The Hall–Kier alpha value is -1.51. The van der Waals surface area contributed by atoms with Gasteiger partial charge in [-0.25, -0.2) is 0 Å². The van der Waals surface area contributed by atoms with Crippen LogP contribution in [0.2, 0.25) is 0 Å². The van der Waals surface area contributed by atoms with Crippen LogP contribution in [0.15, 0.2) is 24.3 Å². The quantitative estimate of drug-likeness (QED) is 0.786. The van der Waals surface area contributed by atoms with Crippen molar-refractivity contribution in [3.05, 3.63) is 29.8 Å². The largest absolute Gasteiger partial charge is 0.399 e. The van der Waals surface area contributed by atoms with Crippen molar-refractivity contribution in [2.24, 2.45) is 5.41 Å². The lowest BCUT2D eigenvalue weighted by atomic mass is 9.88. The molecule has 0 spiro atoms. The van der Waals surface area contributed by atoms with E-state index in [0.717, 1.165) is 24.1 Å². The molecule has 17 heavy (non-hydrogen) atoms. The molecule has 92 valence electrons. The van der Waals surface area contributed by atoms with Gasteiger partial charge in [0.25, 0.3) is 0 Å². The van der Waals surface area contributed by atoms with Gasteiger partial charge in [0.15, 0.2) is 0 Å². The molecule has 0 bridgehead atoms. The molecule has 1 fully saturated rings. The van der Waals surface area contributed by atoms with Gasteiger partial charge in [-0.2, -0.15) is 0 Å². The third-order valence-corrected chi connectivity index (χ3v) is 3.69. The van der Waals surface area contributed by atoms with Crippen molar-refractivity contribution in [1.82, 2.24) is 5.32 Å². The summed E-state index contributed by atoms with van der Waals surface area (Å²) in [5.41, 5.74) is 7.32. The first-order valence-corrected chi connectivity index (χ1v) is 6.23. The molecule has 1 amide bonds. The van der Waals surface area contributed by atoms with Crippen molar-refractivity contribution in [1.29, 1.82) is 0 Å². The third-order valence-electron chi connectivity index (χ3n) is 3.69. The monoisotopic (exact) mass is 232 g/mol. The second-order valence-electron chi connectivity index (χ2n) is 5.19. The molecule has 0 radical (unpaired) electrons. The van der Waals surface area contributed by atoms with Crippen molar-refractivity contribution < 1.29 is 4.79 Å². The van der Waals surface area contributed by atoms with Gasteiger partial charge in [-0.1, -0.05) is 31.9 Å².